The molecule has 0 amide bonds. The number of hydrogen-bond acceptors (Lipinski definition) is 5. The maximum Gasteiger partial charge on any atom is 0.129 e. The Morgan fingerprint density at radius 3 is 2.37 bits per heavy atom. The van der Waals surface area contributed by atoms with Crippen LogP contribution >= 0.6 is 0 Å². The van der Waals surface area contributed by atoms with E-state index in [-0.39, 0.29) is 6.54 Å². The molecule has 0 aromatic heterocycles. The monoisotopic (exact) mass is 275 g/mol. The van der Waals surface area contributed by atoms with Crippen molar-refractivity contribution in [1.29, 1.82) is 0 Å². The summed E-state index contributed by atoms with van der Waals surface area (Å²) in [5.74, 6) is 0. The van der Waals surface area contributed by atoms with Crippen LogP contribution in [0.3, 0.4) is 0 Å². The topological polar surface area (TPSA) is 84.2 Å². The standard InChI is InChI=1S/C14H29NO4/c1-2-3-4-5-6-7-8-15-9-12(17)13(18)14(19,10-15)11-16/h12-13,16-19H,2-11H2,1H3/t12-,13+,14+/m1/s1. The van der Waals surface area contributed by atoms with Crippen LogP contribution in [0.5, 0.6) is 0 Å². The second-order valence-electron chi connectivity index (χ2n) is 5.78. The van der Waals surface area contributed by atoms with Crippen LogP contribution in [0.2, 0.25) is 0 Å². The minimum Gasteiger partial charge on any atom is -0.393 e. The van der Waals surface area contributed by atoms with Gasteiger partial charge in [-0.05, 0) is 13.0 Å². The maximum absolute atomic E-state index is 10.1. The Balaban J connectivity index is 2.27. The summed E-state index contributed by atoms with van der Waals surface area (Å²) in [5.41, 5.74) is -1.60. The van der Waals surface area contributed by atoms with Gasteiger partial charge >= 0.3 is 0 Å². The van der Waals surface area contributed by atoms with Gasteiger partial charge in [-0.2, -0.15) is 0 Å². The molecule has 5 heteroatoms. The molecule has 0 aliphatic carbocycles. The predicted molar refractivity (Wildman–Crippen MR) is 73.9 cm³/mol. The van der Waals surface area contributed by atoms with Crippen molar-refractivity contribution in [1.82, 2.24) is 4.90 Å². The molecule has 1 rings (SSSR count). The number of unbranched alkanes of at least 4 members (excludes halogenated alkanes) is 5. The number of likely N-dealkylation sites (tertiary alicyclic amines) is 1. The molecule has 19 heavy (non-hydrogen) atoms. The van der Waals surface area contributed by atoms with Crippen molar-refractivity contribution < 1.29 is 20.4 Å². The van der Waals surface area contributed by atoms with E-state index in [0.717, 1.165) is 19.4 Å². The summed E-state index contributed by atoms with van der Waals surface area (Å²) in [4.78, 5) is 1.92. The molecule has 5 nitrogen and oxygen atoms in total. The summed E-state index contributed by atoms with van der Waals surface area (Å²) in [6.45, 7) is 3.03. The molecular weight excluding hydrogens is 246 g/mol. The summed E-state index contributed by atoms with van der Waals surface area (Å²) >= 11 is 0. The van der Waals surface area contributed by atoms with Crippen LogP contribution in [0.4, 0.5) is 0 Å². The molecule has 1 aliphatic heterocycles. The van der Waals surface area contributed by atoms with Crippen LogP contribution in [0.25, 0.3) is 0 Å². The lowest BCUT2D eigenvalue weighted by atomic mass is 9.88. The van der Waals surface area contributed by atoms with E-state index in [0.29, 0.717) is 6.54 Å². The van der Waals surface area contributed by atoms with E-state index in [1.54, 1.807) is 0 Å². The molecule has 4 N–H and O–H groups in total. The highest BCUT2D eigenvalue weighted by molar-refractivity contribution is 4.98. The van der Waals surface area contributed by atoms with Gasteiger partial charge in [-0.3, -0.25) is 4.90 Å². The highest BCUT2D eigenvalue weighted by Crippen LogP contribution is 2.22. The van der Waals surface area contributed by atoms with Gasteiger partial charge < -0.3 is 20.4 Å². The van der Waals surface area contributed by atoms with Crippen molar-refractivity contribution in [2.75, 3.05) is 26.2 Å². The maximum atomic E-state index is 10.1. The van der Waals surface area contributed by atoms with E-state index in [1.807, 2.05) is 4.90 Å². The summed E-state index contributed by atoms with van der Waals surface area (Å²) in [6, 6.07) is 0. The quantitative estimate of drug-likeness (QED) is 0.473. The first-order valence-corrected chi connectivity index (χ1v) is 7.45. The Kier molecular flexibility index (Phi) is 7.25. The molecular formula is C14H29NO4. The Hall–Kier alpha value is -0.200. The van der Waals surface area contributed by atoms with E-state index in [1.165, 1.54) is 25.7 Å². The van der Waals surface area contributed by atoms with E-state index in [4.69, 9.17) is 0 Å². The van der Waals surface area contributed by atoms with E-state index >= 15 is 0 Å². The van der Waals surface area contributed by atoms with Gasteiger partial charge in [0.05, 0.1) is 12.7 Å². The number of piperidine rings is 1. The first-order valence-electron chi connectivity index (χ1n) is 7.45. The third-order valence-corrected chi connectivity index (χ3v) is 3.96. The summed E-state index contributed by atoms with van der Waals surface area (Å²) in [6.07, 6.45) is 4.90. The Morgan fingerprint density at radius 2 is 1.74 bits per heavy atom. The van der Waals surface area contributed by atoms with Gasteiger partial charge in [0.1, 0.15) is 11.7 Å². The third-order valence-electron chi connectivity index (χ3n) is 3.96. The number of aliphatic hydroxyl groups excluding tert-OH is 3. The smallest absolute Gasteiger partial charge is 0.129 e. The van der Waals surface area contributed by atoms with Crippen LogP contribution in [0, 0.1) is 0 Å². The van der Waals surface area contributed by atoms with Gasteiger partial charge in [0.15, 0.2) is 0 Å². The zero-order chi connectivity index (χ0) is 14.3. The summed E-state index contributed by atoms with van der Waals surface area (Å²) in [7, 11) is 0. The normalized spacial score (nSPS) is 32.7. The molecule has 0 bridgehead atoms. The van der Waals surface area contributed by atoms with Crippen LogP contribution < -0.4 is 0 Å². The van der Waals surface area contributed by atoms with Crippen molar-refractivity contribution in [3.63, 3.8) is 0 Å². The number of nitrogens with zero attached hydrogens (tertiary/aromatic N) is 1. The molecule has 0 radical (unpaired) electrons. The SMILES string of the molecule is CCCCCCCCN1C[C@@H](O)[C@H](O)[C@@](O)(CO)C1. The summed E-state index contributed by atoms with van der Waals surface area (Å²) < 4.78 is 0. The lowest BCUT2D eigenvalue weighted by Crippen LogP contribution is -2.65. The average molecular weight is 275 g/mol. The fourth-order valence-corrected chi connectivity index (χ4v) is 2.70. The first-order chi connectivity index (χ1) is 9.03. The van der Waals surface area contributed by atoms with E-state index in [9.17, 15) is 20.4 Å². The Morgan fingerprint density at radius 1 is 1.11 bits per heavy atom. The summed E-state index contributed by atoms with van der Waals surface area (Å²) in [5, 5.41) is 38.7. The molecule has 114 valence electrons. The van der Waals surface area contributed by atoms with Crippen molar-refractivity contribution in [3.05, 3.63) is 0 Å². The van der Waals surface area contributed by atoms with Gasteiger partial charge in [-0.15, -0.1) is 0 Å². The van der Waals surface area contributed by atoms with Crippen LogP contribution in [-0.2, 0) is 0 Å². The molecule has 0 aromatic rings. The zero-order valence-electron chi connectivity index (χ0n) is 12.0. The van der Waals surface area contributed by atoms with Crippen molar-refractivity contribution in [3.8, 4) is 0 Å². The fraction of sp³-hybridized carbons (Fsp3) is 1.00. The average Bonchev–Trinajstić information content (AvgIpc) is 2.40. The van der Waals surface area contributed by atoms with Crippen molar-refractivity contribution in [2.45, 2.75) is 63.3 Å². The predicted octanol–water partition coefficient (Wildman–Crippen LogP) is 0.108. The number of rotatable bonds is 8. The van der Waals surface area contributed by atoms with Gasteiger partial charge in [0, 0.05) is 13.1 Å². The van der Waals surface area contributed by atoms with E-state index < -0.39 is 24.4 Å². The fourth-order valence-electron chi connectivity index (χ4n) is 2.70. The largest absolute Gasteiger partial charge is 0.393 e. The van der Waals surface area contributed by atoms with Crippen LogP contribution in [0.15, 0.2) is 0 Å². The van der Waals surface area contributed by atoms with Crippen molar-refractivity contribution in [2.24, 2.45) is 0 Å². The third kappa shape index (κ3) is 5.00. The lowest BCUT2D eigenvalue weighted by molar-refractivity contribution is -0.186. The van der Waals surface area contributed by atoms with Gasteiger partial charge in [-0.1, -0.05) is 39.0 Å². The van der Waals surface area contributed by atoms with Crippen LogP contribution in [0.1, 0.15) is 45.4 Å². The van der Waals surface area contributed by atoms with Gasteiger partial charge in [0.25, 0.3) is 0 Å². The van der Waals surface area contributed by atoms with Gasteiger partial charge in [0.2, 0.25) is 0 Å². The highest BCUT2D eigenvalue weighted by atomic mass is 16.4. The Bertz CT molecular complexity index is 252. The van der Waals surface area contributed by atoms with E-state index in [2.05, 4.69) is 6.92 Å². The lowest BCUT2D eigenvalue weighted by Gasteiger charge is -2.44. The molecule has 1 saturated heterocycles. The second kappa shape index (κ2) is 8.17. The molecule has 0 spiro atoms. The molecule has 1 fully saturated rings. The molecule has 3 atom stereocenters. The number of aliphatic hydroxyl groups is 4. The minimum atomic E-state index is -1.60. The molecule has 1 aliphatic rings. The molecule has 0 saturated carbocycles. The minimum absolute atomic E-state index is 0.219. The molecule has 1 heterocycles. The number of β-amino-alcohol motifs (C(OH)–C–C–N with tert-alkyl or cyclic N) is 2. The molecule has 0 aromatic carbocycles. The molecule has 0 unspecified atom stereocenters. The Labute approximate surface area is 115 Å². The van der Waals surface area contributed by atoms with Gasteiger partial charge in [-0.25, -0.2) is 0 Å². The second-order valence-corrected chi connectivity index (χ2v) is 5.78. The van der Waals surface area contributed by atoms with Crippen LogP contribution in [-0.4, -0.2) is 69.4 Å². The van der Waals surface area contributed by atoms with Crippen molar-refractivity contribution >= 4 is 0 Å². The number of hydrogen-bond donors (Lipinski definition) is 4. The highest BCUT2D eigenvalue weighted by Gasteiger charge is 2.45. The zero-order valence-corrected chi connectivity index (χ0v) is 12.0. The first kappa shape index (κ1) is 16.9.